The van der Waals surface area contributed by atoms with Crippen molar-refractivity contribution in [2.24, 2.45) is 0 Å². The molecular formula is C16H20N2O6S. The minimum absolute atomic E-state index is 0.279. The number of aromatic nitrogens is 2. The summed E-state index contributed by atoms with van der Waals surface area (Å²) in [5.41, 5.74) is 0.611. The topological polar surface area (TPSA) is 92.9 Å². The lowest BCUT2D eigenvalue weighted by molar-refractivity contribution is -0.140. The zero-order valence-corrected chi connectivity index (χ0v) is 15.5. The number of nitrogens with zero attached hydrogens (tertiary/aromatic N) is 2. The predicted molar refractivity (Wildman–Crippen MR) is 91.3 cm³/mol. The van der Waals surface area contributed by atoms with Crippen molar-refractivity contribution in [3.8, 4) is 28.7 Å². The molecule has 0 fully saturated rings. The maximum absolute atomic E-state index is 11.7. The van der Waals surface area contributed by atoms with Crippen molar-refractivity contribution in [3.05, 3.63) is 12.1 Å². The fraction of sp³-hybridized carbons (Fsp3) is 0.438. The molecule has 9 heteroatoms. The monoisotopic (exact) mass is 368 g/mol. The maximum atomic E-state index is 11.7. The van der Waals surface area contributed by atoms with Gasteiger partial charge in [0.05, 0.1) is 28.4 Å². The highest BCUT2D eigenvalue weighted by molar-refractivity contribution is 8.00. The van der Waals surface area contributed by atoms with E-state index < -0.39 is 5.25 Å². The Bertz CT molecular complexity index is 708. The van der Waals surface area contributed by atoms with Crippen molar-refractivity contribution in [3.63, 3.8) is 0 Å². The number of hydrogen-bond acceptors (Lipinski definition) is 9. The van der Waals surface area contributed by atoms with Crippen LogP contribution in [0.3, 0.4) is 0 Å². The average molecular weight is 368 g/mol. The standard InChI is InChI=1S/C16H20N2O6S/c1-6-12(15(19)23-5)25-16-18-17-14(24-16)9-7-10(20-2)13(22-4)11(8-9)21-3/h7-8,12H,6H2,1-5H3/t12-/m1/s1. The molecule has 1 heterocycles. The van der Waals surface area contributed by atoms with Crippen LogP contribution in [0.5, 0.6) is 17.2 Å². The molecule has 0 aliphatic heterocycles. The highest BCUT2D eigenvalue weighted by atomic mass is 32.2. The summed E-state index contributed by atoms with van der Waals surface area (Å²) in [7, 11) is 5.93. The number of carbonyl (C=O) groups is 1. The normalized spacial score (nSPS) is 11.7. The van der Waals surface area contributed by atoms with Gasteiger partial charge in [0.1, 0.15) is 5.25 Å². The van der Waals surface area contributed by atoms with Crippen LogP contribution in [0.25, 0.3) is 11.5 Å². The molecule has 0 aliphatic rings. The number of rotatable bonds is 8. The third-order valence-electron chi connectivity index (χ3n) is 3.40. The van der Waals surface area contributed by atoms with Crippen molar-refractivity contribution in [2.75, 3.05) is 28.4 Å². The quantitative estimate of drug-likeness (QED) is 0.515. The van der Waals surface area contributed by atoms with Crippen LogP contribution in [-0.2, 0) is 9.53 Å². The largest absolute Gasteiger partial charge is 0.493 e. The summed E-state index contributed by atoms with van der Waals surface area (Å²) in [4.78, 5) is 11.7. The SMILES string of the molecule is CC[C@@H](Sc1nnc(-c2cc(OC)c(OC)c(OC)c2)o1)C(=O)OC. The summed E-state index contributed by atoms with van der Waals surface area (Å²) >= 11 is 1.16. The number of benzene rings is 1. The van der Waals surface area contributed by atoms with Crippen LogP contribution >= 0.6 is 11.8 Å². The number of thioether (sulfide) groups is 1. The molecule has 0 saturated carbocycles. The van der Waals surface area contributed by atoms with Crippen molar-refractivity contribution in [1.29, 1.82) is 0 Å². The van der Waals surface area contributed by atoms with Gasteiger partial charge in [-0.3, -0.25) is 4.79 Å². The Morgan fingerprint density at radius 2 is 1.76 bits per heavy atom. The van der Waals surface area contributed by atoms with Gasteiger partial charge in [0.25, 0.3) is 5.22 Å². The minimum Gasteiger partial charge on any atom is -0.493 e. The summed E-state index contributed by atoms with van der Waals surface area (Å²) in [5, 5.41) is 7.87. The zero-order chi connectivity index (χ0) is 18.4. The average Bonchev–Trinajstić information content (AvgIpc) is 3.12. The summed E-state index contributed by atoms with van der Waals surface area (Å²) in [6.45, 7) is 1.88. The molecule has 0 radical (unpaired) electrons. The molecule has 1 aromatic heterocycles. The summed E-state index contributed by atoms with van der Waals surface area (Å²) < 4.78 is 26.3. The van der Waals surface area contributed by atoms with E-state index in [4.69, 9.17) is 23.4 Å². The second-order valence-electron chi connectivity index (χ2n) is 4.83. The Hall–Kier alpha value is -2.42. The maximum Gasteiger partial charge on any atom is 0.319 e. The molecule has 2 aromatic rings. The smallest absolute Gasteiger partial charge is 0.319 e. The van der Waals surface area contributed by atoms with E-state index in [1.165, 1.54) is 28.4 Å². The predicted octanol–water partition coefficient (Wildman–Crippen LogP) is 2.81. The molecule has 0 unspecified atom stereocenters. The molecule has 0 spiro atoms. The lowest BCUT2D eigenvalue weighted by Gasteiger charge is -2.12. The van der Waals surface area contributed by atoms with Gasteiger partial charge in [-0.05, 0) is 18.6 Å². The molecular weight excluding hydrogens is 348 g/mol. The second kappa shape index (κ2) is 8.61. The molecule has 0 N–H and O–H groups in total. The molecule has 0 amide bonds. The van der Waals surface area contributed by atoms with Gasteiger partial charge in [-0.1, -0.05) is 18.7 Å². The van der Waals surface area contributed by atoms with E-state index in [1.807, 2.05) is 6.92 Å². The molecule has 0 aliphatic carbocycles. The molecule has 8 nitrogen and oxygen atoms in total. The van der Waals surface area contributed by atoms with Crippen molar-refractivity contribution < 1.29 is 28.2 Å². The van der Waals surface area contributed by atoms with Gasteiger partial charge in [0, 0.05) is 5.56 Å². The van der Waals surface area contributed by atoms with Crippen LogP contribution in [0, 0.1) is 0 Å². The summed E-state index contributed by atoms with van der Waals surface area (Å²) in [6.07, 6.45) is 0.583. The molecule has 1 atom stereocenters. The first-order chi connectivity index (χ1) is 12.1. The Morgan fingerprint density at radius 1 is 1.12 bits per heavy atom. The van der Waals surface area contributed by atoms with Gasteiger partial charge < -0.3 is 23.4 Å². The van der Waals surface area contributed by atoms with Gasteiger partial charge in [-0.2, -0.15) is 0 Å². The second-order valence-corrected chi connectivity index (χ2v) is 5.98. The molecule has 0 bridgehead atoms. The van der Waals surface area contributed by atoms with Crippen LogP contribution in [0.15, 0.2) is 21.8 Å². The highest BCUT2D eigenvalue weighted by Gasteiger charge is 2.23. The van der Waals surface area contributed by atoms with Crippen LogP contribution in [-0.4, -0.2) is 49.9 Å². The molecule has 0 saturated heterocycles. The first-order valence-electron chi connectivity index (χ1n) is 7.46. The van der Waals surface area contributed by atoms with Gasteiger partial charge in [-0.25, -0.2) is 0 Å². The lowest BCUT2D eigenvalue weighted by atomic mass is 10.2. The van der Waals surface area contributed by atoms with E-state index in [1.54, 1.807) is 12.1 Å². The Morgan fingerprint density at radius 3 is 2.24 bits per heavy atom. The third kappa shape index (κ3) is 4.16. The fourth-order valence-corrected chi connectivity index (χ4v) is 2.95. The zero-order valence-electron chi connectivity index (χ0n) is 14.7. The van der Waals surface area contributed by atoms with E-state index in [0.717, 1.165) is 11.8 Å². The van der Waals surface area contributed by atoms with Crippen molar-refractivity contribution >= 4 is 17.7 Å². The minimum atomic E-state index is -0.404. The van der Waals surface area contributed by atoms with E-state index in [0.29, 0.717) is 29.2 Å². The fourth-order valence-electron chi connectivity index (χ4n) is 2.13. The van der Waals surface area contributed by atoms with Crippen LogP contribution < -0.4 is 14.2 Å². The number of carbonyl (C=O) groups excluding carboxylic acids is 1. The number of ether oxygens (including phenoxy) is 4. The van der Waals surface area contributed by atoms with Crippen LogP contribution in [0.1, 0.15) is 13.3 Å². The molecule has 2 rings (SSSR count). The summed E-state index contributed by atoms with van der Waals surface area (Å²) in [5.74, 6) is 1.37. The van der Waals surface area contributed by atoms with Gasteiger partial charge in [0.15, 0.2) is 11.5 Å². The summed E-state index contributed by atoms with van der Waals surface area (Å²) in [6, 6.07) is 3.42. The van der Waals surface area contributed by atoms with E-state index in [2.05, 4.69) is 10.2 Å². The molecule has 1 aromatic carbocycles. The first kappa shape index (κ1) is 18.9. The Kier molecular flexibility index (Phi) is 6.51. The van der Waals surface area contributed by atoms with Gasteiger partial charge in [0.2, 0.25) is 11.6 Å². The third-order valence-corrected chi connectivity index (χ3v) is 4.57. The lowest BCUT2D eigenvalue weighted by Crippen LogP contribution is -2.17. The Labute approximate surface area is 149 Å². The number of esters is 1. The number of hydrogen-bond donors (Lipinski definition) is 0. The van der Waals surface area contributed by atoms with E-state index in [-0.39, 0.29) is 17.1 Å². The van der Waals surface area contributed by atoms with Crippen LogP contribution in [0.4, 0.5) is 0 Å². The Balaban J connectivity index is 2.31. The first-order valence-corrected chi connectivity index (χ1v) is 8.34. The van der Waals surface area contributed by atoms with Crippen LogP contribution in [0.2, 0.25) is 0 Å². The van der Waals surface area contributed by atoms with E-state index in [9.17, 15) is 4.79 Å². The van der Waals surface area contributed by atoms with E-state index >= 15 is 0 Å². The highest BCUT2D eigenvalue weighted by Crippen LogP contribution is 2.41. The molecule has 25 heavy (non-hydrogen) atoms. The van der Waals surface area contributed by atoms with Crippen molar-refractivity contribution in [2.45, 2.75) is 23.8 Å². The van der Waals surface area contributed by atoms with Gasteiger partial charge in [-0.15, -0.1) is 10.2 Å². The number of methoxy groups -OCH3 is 4. The van der Waals surface area contributed by atoms with Gasteiger partial charge >= 0.3 is 5.97 Å². The molecule has 136 valence electrons. The van der Waals surface area contributed by atoms with Crippen molar-refractivity contribution in [1.82, 2.24) is 10.2 Å².